The van der Waals surface area contributed by atoms with Crippen LogP contribution in [-0.2, 0) is 24.2 Å². The summed E-state index contributed by atoms with van der Waals surface area (Å²) >= 11 is 2.29. The highest BCUT2D eigenvalue weighted by Gasteiger charge is 2.15. The average molecular weight is 518 g/mol. The molecule has 0 aromatic heterocycles. The van der Waals surface area contributed by atoms with Gasteiger partial charge in [0.1, 0.15) is 18.2 Å². The van der Waals surface area contributed by atoms with Gasteiger partial charge in [-0.05, 0) is 89.0 Å². The lowest BCUT2D eigenvalue weighted by atomic mass is 10.0. The lowest BCUT2D eigenvalue weighted by Crippen LogP contribution is -2.43. The number of ether oxygens (including phenoxy) is 1. The maximum atomic E-state index is 13.0. The smallest absolute Gasteiger partial charge is 0.234 e. The van der Waals surface area contributed by atoms with Crippen LogP contribution in [0.25, 0.3) is 0 Å². The zero-order valence-corrected chi connectivity index (χ0v) is 18.6. The summed E-state index contributed by atoms with van der Waals surface area (Å²) in [6.07, 6.45) is 1.30. The highest BCUT2D eigenvalue weighted by Crippen LogP contribution is 2.21. The zero-order chi connectivity index (χ0) is 21.3. The predicted molar refractivity (Wildman–Crippen MR) is 125 cm³/mol. The standard InChI is InChI=1S/C24H24FIN2O2/c25-20-8-6-18(7-9-20)16-30-21-10-11-22(26)19(15-21)12-13-28-23(24(27)29)14-17-4-2-1-3-5-17/h1-11,15,23,28H,12-14,16H2,(H2,27,29)/t23-/m0/s1. The molecule has 0 radical (unpaired) electrons. The van der Waals surface area contributed by atoms with E-state index >= 15 is 0 Å². The Kier molecular flexibility index (Phi) is 8.21. The second kappa shape index (κ2) is 11.1. The Morgan fingerprint density at radius 2 is 1.77 bits per heavy atom. The van der Waals surface area contributed by atoms with Gasteiger partial charge in [0.05, 0.1) is 6.04 Å². The van der Waals surface area contributed by atoms with E-state index in [1.807, 2.05) is 48.5 Å². The highest BCUT2D eigenvalue weighted by atomic mass is 127. The van der Waals surface area contributed by atoms with Crippen LogP contribution in [0.1, 0.15) is 16.7 Å². The number of benzene rings is 3. The number of halogens is 2. The summed E-state index contributed by atoms with van der Waals surface area (Å²) in [7, 11) is 0. The first kappa shape index (κ1) is 22.2. The third-order valence-corrected chi connectivity index (χ3v) is 5.80. The molecular weight excluding hydrogens is 494 g/mol. The van der Waals surface area contributed by atoms with E-state index in [0.717, 1.165) is 32.4 Å². The third kappa shape index (κ3) is 6.81. The minimum absolute atomic E-state index is 0.260. The van der Waals surface area contributed by atoms with Gasteiger partial charge < -0.3 is 15.8 Å². The van der Waals surface area contributed by atoms with Crippen molar-refractivity contribution in [3.05, 3.63) is 98.9 Å². The van der Waals surface area contributed by atoms with Crippen LogP contribution in [0.2, 0.25) is 0 Å². The SMILES string of the molecule is NC(=O)[C@H](Cc1ccccc1)NCCc1cc(OCc2ccc(F)cc2)ccc1I. The summed E-state index contributed by atoms with van der Waals surface area (Å²) in [4.78, 5) is 11.8. The van der Waals surface area contributed by atoms with Gasteiger partial charge in [0, 0.05) is 3.57 Å². The largest absolute Gasteiger partial charge is 0.489 e. The summed E-state index contributed by atoms with van der Waals surface area (Å²) in [5, 5.41) is 3.27. The van der Waals surface area contributed by atoms with Crippen LogP contribution in [-0.4, -0.2) is 18.5 Å². The van der Waals surface area contributed by atoms with Gasteiger partial charge in [-0.15, -0.1) is 0 Å². The summed E-state index contributed by atoms with van der Waals surface area (Å²) in [5.41, 5.74) is 8.68. The Morgan fingerprint density at radius 3 is 2.47 bits per heavy atom. The van der Waals surface area contributed by atoms with Crippen LogP contribution in [0.5, 0.6) is 5.75 Å². The van der Waals surface area contributed by atoms with E-state index in [2.05, 4.69) is 27.9 Å². The molecule has 1 amide bonds. The lowest BCUT2D eigenvalue weighted by Gasteiger charge is -2.16. The van der Waals surface area contributed by atoms with Crippen molar-refractivity contribution in [1.29, 1.82) is 0 Å². The van der Waals surface area contributed by atoms with Crippen LogP contribution in [0.15, 0.2) is 72.8 Å². The van der Waals surface area contributed by atoms with Crippen LogP contribution >= 0.6 is 22.6 Å². The molecule has 0 heterocycles. The molecule has 4 nitrogen and oxygen atoms in total. The molecule has 6 heteroatoms. The van der Waals surface area contributed by atoms with Crippen molar-refractivity contribution in [2.75, 3.05) is 6.54 Å². The molecule has 3 N–H and O–H groups in total. The van der Waals surface area contributed by atoms with Crippen molar-refractivity contribution >= 4 is 28.5 Å². The Balaban J connectivity index is 1.55. The molecule has 0 spiro atoms. The lowest BCUT2D eigenvalue weighted by molar-refractivity contribution is -0.120. The monoisotopic (exact) mass is 518 g/mol. The first-order valence-corrected chi connectivity index (χ1v) is 10.8. The second-order valence-corrected chi connectivity index (χ2v) is 8.18. The Labute approximate surface area is 189 Å². The van der Waals surface area contributed by atoms with E-state index in [4.69, 9.17) is 10.5 Å². The fraction of sp³-hybridized carbons (Fsp3) is 0.208. The predicted octanol–water partition coefficient (Wildman–Crippen LogP) is 4.24. The summed E-state index contributed by atoms with van der Waals surface area (Å²) < 4.78 is 20.0. The molecule has 156 valence electrons. The number of hydrogen-bond donors (Lipinski definition) is 2. The van der Waals surface area contributed by atoms with Gasteiger partial charge in [0.2, 0.25) is 5.91 Å². The minimum atomic E-state index is -0.414. The molecule has 1 atom stereocenters. The summed E-state index contributed by atoms with van der Waals surface area (Å²) in [6, 6.07) is 21.6. The molecule has 0 aliphatic carbocycles. The van der Waals surface area contributed by atoms with Crippen LogP contribution in [0, 0.1) is 9.39 Å². The van der Waals surface area contributed by atoms with E-state index in [1.54, 1.807) is 12.1 Å². The van der Waals surface area contributed by atoms with Gasteiger partial charge >= 0.3 is 0 Å². The third-order valence-electron chi connectivity index (χ3n) is 4.75. The molecule has 0 aliphatic heterocycles. The number of amides is 1. The second-order valence-electron chi connectivity index (χ2n) is 7.02. The normalized spacial score (nSPS) is 11.8. The highest BCUT2D eigenvalue weighted by molar-refractivity contribution is 14.1. The van der Waals surface area contributed by atoms with E-state index in [9.17, 15) is 9.18 Å². The average Bonchev–Trinajstić information content (AvgIpc) is 2.75. The number of rotatable bonds is 10. The van der Waals surface area contributed by atoms with Crippen LogP contribution in [0.3, 0.4) is 0 Å². The van der Waals surface area contributed by atoms with Gasteiger partial charge in [-0.2, -0.15) is 0 Å². The van der Waals surface area contributed by atoms with Crippen molar-refractivity contribution in [3.8, 4) is 5.75 Å². The summed E-state index contributed by atoms with van der Waals surface area (Å²) in [5.74, 6) is 0.139. The molecule has 0 unspecified atom stereocenters. The molecule has 0 saturated carbocycles. The van der Waals surface area contributed by atoms with E-state index in [1.165, 1.54) is 12.1 Å². The molecule has 30 heavy (non-hydrogen) atoms. The Hall–Kier alpha value is -2.45. The molecule has 3 aromatic carbocycles. The van der Waals surface area contributed by atoms with Crippen molar-refractivity contribution in [2.24, 2.45) is 5.73 Å². The summed E-state index contributed by atoms with van der Waals surface area (Å²) in [6.45, 7) is 0.997. The molecule has 0 saturated heterocycles. The Bertz CT molecular complexity index is 965. The molecular formula is C24H24FIN2O2. The number of carbonyl (C=O) groups excluding carboxylic acids is 1. The van der Waals surface area contributed by atoms with E-state index in [-0.39, 0.29) is 11.7 Å². The van der Waals surface area contributed by atoms with Crippen LogP contribution < -0.4 is 15.8 Å². The van der Waals surface area contributed by atoms with Gasteiger partial charge in [-0.3, -0.25) is 4.79 Å². The minimum Gasteiger partial charge on any atom is -0.489 e. The molecule has 0 aliphatic rings. The van der Waals surface area contributed by atoms with Gasteiger partial charge in [-0.1, -0.05) is 42.5 Å². The first-order valence-electron chi connectivity index (χ1n) is 9.73. The van der Waals surface area contributed by atoms with E-state index < -0.39 is 6.04 Å². The van der Waals surface area contributed by atoms with Crippen molar-refractivity contribution in [3.63, 3.8) is 0 Å². The maximum Gasteiger partial charge on any atom is 0.234 e. The van der Waals surface area contributed by atoms with Gasteiger partial charge in [0.15, 0.2) is 0 Å². The Morgan fingerprint density at radius 1 is 1.03 bits per heavy atom. The topological polar surface area (TPSA) is 64.4 Å². The molecule has 3 aromatic rings. The number of nitrogens with one attached hydrogen (secondary N) is 1. The van der Waals surface area contributed by atoms with Crippen molar-refractivity contribution in [1.82, 2.24) is 5.32 Å². The maximum absolute atomic E-state index is 13.0. The van der Waals surface area contributed by atoms with Gasteiger partial charge in [-0.25, -0.2) is 4.39 Å². The number of nitrogens with two attached hydrogens (primary N) is 1. The van der Waals surface area contributed by atoms with E-state index in [0.29, 0.717) is 19.6 Å². The fourth-order valence-electron chi connectivity index (χ4n) is 3.08. The number of hydrogen-bond acceptors (Lipinski definition) is 3. The number of carbonyl (C=O) groups is 1. The zero-order valence-electron chi connectivity index (χ0n) is 16.5. The molecule has 0 bridgehead atoms. The number of primary amides is 1. The molecule has 0 fully saturated rings. The van der Waals surface area contributed by atoms with Gasteiger partial charge in [0.25, 0.3) is 0 Å². The van der Waals surface area contributed by atoms with Crippen molar-refractivity contribution < 1.29 is 13.9 Å². The first-order chi connectivity index (χ1) is 14.5. The fourth-order valence-corrected chi connectivity index (χ4v) is 3.69. The van der Waals surface area contributed by atoms with Crippen LogP contribution in [0.4, 0.5) is 4.39 Å². The quantitative estimate of drug-likeness (QED) is 0.395. The van der Waals surface area contributed by atoms with Crippen molar-refractivity contribution in [2.45, 2.75) is 25.5 Å². The molecule has 3 rings (SSSR count).